The molecule has 1 aromatic carbocycles. The summed E-state index contributed by atoms with van der Waals surface area (Å²) in [7, 11) is 1.41. The molecule has 2 N–H and O–H groups in total. The zero-order valence-electron chi connectivity index (χ0n) is 16.9. The van der Waals surface area contributed by atoms with Crippen LogP contribution in [0, 0.1) is 11.6 Å². The van der Waals surface area contributed by atoms with E-state index in [1.165, 1.54) is 24.2 Å². The van der Waals surface area contributed by atoms with Crippen LogP contribution in [-0.2, 0) is 15.0 Å². The number of ether oxygens (including phenoxy) is 2. The zero-order chi connectivity index (χ0) is 23.9. The van der Waals surface area contributed by atoms with Crippen molar-refractivity contribution >= 4 is 40.2 Å². The Kier molecular flexibility index (Phi) is 7.06. The largest absolute Gasteiger partial charge is 0.394 e. The van der Waals surface area contributed by atoms with Gasteiger partial charge >= 0.3 is 0 Å². The third-order valence-corrected chi connectivity index (χ3v) is 6.75. The van der Waals surface area contributed by atoms with E-state index >= 15 is 0 Å². The van der Waals surface area contributed by atoms with Gasteiger partial charge in [-0.2, -0.15) is 0 Å². The summed E-state index contributed by atoms with van der Waals surface area (Å²) in [6, 6.07) is 3.75. The van der Waals surface area contributed by atoms with Crippen LogP contribution in [-0.4, -0.2) is 67.7 Å². The minimum atomic E-state index is -1.53. The van der Waals surface area contributed by atoms with Crippen LogP contribution in [0.1, 0.15) is 5.56 Å². The molecule has 33 heavy (non-hydrogen) atoms. The average Bonchev–Trinajstić information content (AvgIpc) is 3.28. The second-order valence-electron chi connectivity index (χ2n) is 7.37. The molecule has 0 amide bonds. The fourth-order valence-electron chi connectivity index (χ4n) is 4.08. The first kappa shape index (κ1) is 24.5. The van der Waals surface area contributed by atoms with E-state index in [1.54, 1.807) is 12.3 Å². The minimum absolute atomic E-state index is 0.0832. The normalized spacial score (nSPS) is 27.6. The lowest BCUT2D eigenvalue weighted by Gasteiger charge is -2.51. The van der Waals surface area contributed by atoms with Crippen molar-refractivity contribution in [1.29, 1.82) is 0 Å². The predicted octanol–water partition coefficient (Wildman–Crippen LogP) is 2.80. The van der Waals surface area contributed by atoms with E-state index in [1.807, 2.05) is 0 Å². The Morgan fingerprint density at radius 2 is 2.00 bits per heavy atom. The van der Waals surface area contributed by atoms with Gasteiger partial charge in [0.25, 0.3) is 0 Å². The van der Waals surface area contributed by atoms with Gasteiger partial charge < -0.3 is 19.7 Å². The Morgan fingerprint density at radius 1 is 1.30 bits per heavy atom. The summed E-state index contributed by atoms with van der Waals surface area (Å²) >= 11 is 13.4. The molecule has 0 saturated carbocycles. The lowest BCUT2D eigenvalue weighted by Crippen LogP contribution is -2.67. The number of rotatable bonds is 5. The summed E-state index contributed by atoms with van der Waals surface area (Å²) < 4.78 is 41.3. The average molecular weight is 564 g/mol. The van der Waals surface area contributed by atoms with E-state index in [2.05, 4.69) is 43.9 Å². The molecule has 5 atom stereocenters. The van der Waals surface area contributed by atoms with Crippen LogP contribution in [0.4, 0.5) is 8.78 Å². The molecule has 0 bridgehead atoms. The first-order valence-electron chi connectivity index (χ1n) is 9.58. The number of halogens is 4. The topological polar surface area (TPSA) is 103 Å². The molecule has 176 valence electrons. The SMILES string of the molecule is CO[C@@H]1[C@H](S)O[C@@H](CO)[C@@H](O)[C@@]1(c1cncc(Br)c1)n1cc(-c2cc(F)c(Cl)c(F)c2)nn1. The molecule has 0 unspecified atom stereocenters. The van der Waals surface area contributed by atoms with E-state index < -0.39 is 52.6 Å². The molecule has 1 aliphatic heterocycles. The fraction of sp³-hybridized carbons (Fsp3) is 0.350. The van der Waals surface area contributed by atoms with Crippen LogP contribution in [0.15, 0.2) is 41.3 Å². The number of pyridine rings is 1. The third-order valence-electron chi connectivity index (χ3n) is 5.56. The molecule has 2 aromatic heterocycles. The number of aliphatic hydroxyl groups is 2. The number of hydrogen-bond donors (Lipinski definition) is 3. The summed E-state index contributed by atoms with van der Waals surface area (Å²) in [6.45, 7) is -0.521. The number of aromatic nitrogens is 4. The van der Waals surface area contributed by atoms with Crippen LogP contribution < -0.4 is 0 Å². The highest BCUT2D eigenvalue weighted by Gasteiger charge is 2.59. The second kappa shape index (κ2) is 9.53. The predicted molar refractivity (Wildman–Crippen MR) is 121 cm³/mol. The Balaban J connectivity index is 1.95. The number of hydrogen-bond acceptors (Lipinski definition) is 8. The summed E-state index contributed by atoms with van der Waals surface area (Å²) in [5.74, 6) is -1.91. The molecule has 0 aliphatic carbocycles. The second-order valence-corrected chi connectivity index (χ2v) is 9.17. The fourth-order valence-corrected chi connectivity index (χ4v) is 5.06. The molecule has 0 spiro atoms. The van der Waals surface area contributed by atoms with Gasteiger partial charge in [0.15, 0.2) is 0 Å². The standard InChI is InChI=1S/C20H18BrClF2N4O4S/c1-31-18-19(33)32-15(8-29)17(30)20(18,10-4-11(21)6-25-5-10)28-7-14(26-27-28)9-2-12(23)16(22)13(24)3-9/h2-7,15,17-19,29-30,33H,8H2,1H3/t15-,17+,18+,19-,20+/m0/s1. The summed E-state index contributed by atoms with van der Waals surface area (Å²) in [5, 5.41) is 28.9. The van der Waals surface area contributed by atoms with Gasteiger partial charge in [0, 0.05) is 35.1 Å². The summed E-state index contributed by atoms with van der Waals surface area (Å²) in [6.07, 6.45) is 1.05. The molecule has 1 aliphatic rings. The van der Waals surface area contributed by atoms with Gasteiger partial charge in [-0.05, 0) is 34.1 Å². The minimum Gasteiger partial charge on any atom is -0.394 e. The Morgan fingerprint density at radius 3 is 2.61 bits per heavy atom. The van der Waals surface area contributed by atoms with Crippen molar-refractivity contribution in [2.75, 3.05) is 13.7 Å². The van der Waals surface area contributed by atoms with Crippen molar-refractivity contribution in [1.82, 2.24) is 20.0 Å². The van der Waals surface area contributed by atoms with Crippen LogP contribution in [0.5, 0.6) is 0 Å². The number of aliphatic hydroxyl groups excluding tert-OH is 2. The first-order valence-corrected chi connectivity index (χ1v) is 11.3. The van der Waals surface area contributed by atoms with Crippen LogP contribution in [0.2, 0.25) is 5.02 Å². The Labute approximate surface area is 206 Å². The van der Waals surface area contributed by atoms with Crippen LogP contribution in [0.3, 0.4) is 0 Å². The maximum Gasteiger partial charge on any atom is 0.149 e. The lowest BCUT2D eigenvalue weighted by atomic mass is 9.76. The Bertz CT molecular complexity index is 1150. The highest BCUT2D eigenvalue weighted by Crippen LogP contribution is 2.44. The molecule has 1 saturated heterocycles. The van der Waals surface area contributed by atoms with Crippen molar-refractivity contribution in [2.45, 2.75) is 29.3 Å². The van der Waals surface area contributed by atoms with E-state index in [4.69, 9.17) is 21.1 Å². The van der Waals surface area contributed by atoms with Crippen molar-refractivity contribution in [3.63, 3.8) is 0 Å². The van der Waals surface area contributed by atoms with Gasteiger partial charge in [0.2, 0.25) is 0 Å². The van der Waals surface area contributed by atoms with Gasteiger partial charge in [-0.3, -0.25) is 4.98 Å². The van der Waals surface area contributed by atoms with Crippen molar-refractivity contribution in [3.05, 3.63) is 63.5 Å². The quantitative estimate of drug-likeness (QED) is 0.324. The molecule has 3 aromatic rings. The lowest BCUT2D eigenvalue weighted by molar-refractivity contribution is -0.213. The summed E-state index contributed by atoms with van der Waals surface area (Å²) in [4.78, 5) is 4.19. The molecule has 13 heteroatoms. The van der Waals surface area contributed by atoms with Crippen molar-refractivity contribution < 1.29 is 28.5 Å². The van der Waals surface area contributed by atoms with E-state index in [9.17, 15) is 19.0 Å². The molecular formula is C20H18BrClF2N4O4S. The molecule has 1 fully saturated rings. The zero-order valence-corrected chi connectivity index (χ0v) is 20.2. The smallest absolute Gasteiger partial charge is 0.149 e. The number of thiol groups is 1. The molecule has 4 rings (SSSR count). The molecule has 3 heterocycles. The number of nitrogens with zero attached hydrogens (tertiary/aromatic N) is 4. The van der Waals surface area contributed by atoms with E-state index in [0.29, 0.717) is 10.0 Å². The maximum atomic E-state index is 14.0. The van der Waals surface area contributed by atoms with Crippen molar-refractivity contribution in [3.8, 4) is 11.3 Å². The van der Waals surface area contributed by atoms with Gasteiger partial charge in [0.05, 0.1) is 12.8 Å². The molecule has 0 radical (unpaired) electrons. The highest BCUT2D eigenvalue weighted by molar-refractivity contribution is 9.10. The number of benzene rings is 1. The molecular weight excluding hydrogens is 546 g/mol. The van der Waals surface area contributed by atoms with Crippen LogP contribution in [0.25, 0.3) is 11.3 Å². The van der Waals surface area contributed by atoms with E-state index in [-0.39, 0.29) is 11.3 Å². The summed E-state index contributed by atoms with van der Waals surface area (Å²) in [5.41, 5.74) is -1.79. The van der Waals surface area contributed by atoms with Gasteiger partial charge in [-0.25, -0.2) is 13.5 Å². The third kappa shape index (κ3) is 4.07. The molecule has 8 nitrogen and oxygen atoms in total. The van der Waals surface area contributed by atoms with Gasteiger partial charge in [0.1, 0.15) is 51.6 Å². The first-order chi connectivity index (χ1) is 15.7. The van der Waals surface area contributed by atoms with E-state index in [0.717, 1.165) is 12.1 Å². The maximum absolute atomic E-state index is 14.0. The van der Waals surface area contributed by atoms with Crippen molar-refractivity contribution in [2.24, 2.45) is 0 Å². The van der Waals surface area contributed by atoms with Gasteiger partial charge in [-0.15, -0.1) is 17.7 Å². The number of methoxy groups -OCH3 is 1. The monoisotopic (exact) mass is 562 g/mol. The van der Waals surface area contributed by atoms with Gasteiger partial charge in [-0.1, -0.05) is 16.8 Å². The Hall–Kier alpha value is -1.67. The highest BCUT2D eigenvalue weighted by atomic mass is 79.9. The van der Waals surface area contributed by atoms with Crippen LogP contribution >= 0.6 is 40.2 Å².